The Labute approximate surface area is 124 Å². The highest BCUT2D eigenvalue weighted by Gasteiger charge is 2.04. The number of hydrogen-bond donors (Lipinski definition) is 1. The predicted molar refractivity (Wildman–Crippen MR) is 87.2 cm³/mol. The van der Waals surface area contributed by atoms with E-state index in [1.807, 2.05) is 30.1 Å². The van der Waals surface area contributed by atoms with Gasteiger partial charge in [-0.1, -0.05) is 19.1 Å². The highest BCUT2D eigenvalue weighted by molar-refractivity contribution is 7.98. The zero-order valence-electron chi connectivity index (χ0n) is 11.8. The third-order valence-corrected chi connectivity index (χ3v) is 5.69. The molecule has 0 saturated carbocycles. The molecule has 0 amide bonds. The molecular formula is C16H21NS2. The monoisotopic (exact) mass is 291 g/mol. The number of thiophene rings is 1. The molecule has 3 heteroatoms. The third-order valence-electron chi connectivity index (χ3n) is 3.24. The number of benzene rings is 1. The molecule has 0 saturated heterocycles. The molecule has 0 radical (unpaired) electrons. The molecule has 0 aliphatic carbocycles. The Morgan fingerprint density at radius 2 is 2.00 bits per heavy atom. The Kier molecular flexibility index (Phi) is 5.49. The smallest absolute Gasteiger partial charge is 0.0326 e. The van der Waals surface area contributed by atoms with Crippen molar-refractivity contribution in [2.24, 2.45) is 0 Å². The molecular weight excluding hydrogens is 270 g/mol. The highest BCUT2D eigenvalue weighted by atomic mass is 32.2. The zero-order chi connectivity index (χ0) is 13.7. The van der Waals surface area contributed by atoms with Gasteiger partial charge in [0.05, 0.1) is 0 Å². The van der Waals surface area contributed by atoms with E-state index in [1.54, 1.807) is 0 Å². The predicted octanol–water partition coefficient (Wildman–Crippen LogP) is 4.88. The summed E-state index contributed by atoms with van der Waals surface area (Å²) in [4.78, 5) is 4.30. The molecule has 19 heavy (non-hydrogen) atoms. The molecule has 0 spiro atoms. The van der Waals surface area contributed by atoms with Crippen LogP contribution in [0.2, 0.25) is 0 Å². The van der Waals surface area contributed by atoms with Crippen LogP contribution in [0.3, 0.4) is 0 Å². The Balaban J connectivity index is 1.99. The molecule has 102 valence electrons. The summed E-state index contributed by atoms with van der Waals surface area (Å²) in [6.07, 6.45) is 1.14. The highest BCUT2D eigenvalue weighted by Crippen LogP contribution is 2.28. The van der Waals surface area contributed by atoms with Gasteiger partial charge in [0, 0.05) is 26.4 Å². The van der Waals surface area contributed by atoms with Gasteiger partial charge in [-0.25, -0.2) is 0 Å². The minimum Gasteiger partial charge on any atom is -0.313 e. The molecule has 0 fully saturated rings. The van der Waals surface area contributed by atoms with E-state index in [0.29, 0.717) is 6.04 Å². The van der Waals surface area contributed by atoms with Crippen LogP contribution in [0.5, 0.6) is 0 Å². The van der Waals surface area contributed by atoms with E-state index in [4.69, 9.17) is 0 Å². The Hall–Kier alpha value is -0.770. The standard InChI is InChI=1S/C16H21NS2/c1-4-14-8-9-16(19-14)11-18-15-7-5-6-13(10-15)12(2)17-3/h5-10,12,17H,4,11H2,1-3H3. The van der Waals surface area contributed by atoms with Crippen LogP contribution in [0.25, 0.3) is 0 Å². The fraction of sp³-hybridized carbons (Fsp3) is 0.375. The second kappa shape index (κ2) is 7.13. The van der Waals surface area contributed by atoms with Crippen molar-refractivity contribution in [1.82, 2.24) is 5.32 Å². The molecule has 2 aromatic rings. The van der Waals surface area contributed by atoms with Crippen molar-refractivity contribution in [2.75, 3.05) is 7.05 Å². The largest absolute Gasteiger partial charge is 0.313 e. The Morgan fingerprint density at radius 1 is 1.21 bits per heavy atom. The summed E-state index contributed by atoms with van der Waals surface area (Å²) in [5, 5.41) is 3.29. The molecule has 1 atom stereocenters. The lowest BCUT2D eigenvalue weighted by Crippen LogP contribution is -2.11. The normalized spacial score (nSPS) is 12.6. The summed E-state index contributed by atoms with van der Waals surface area (Å²) in [5.74, 6) is 1.07. The van der Waals surface area contributed by atoms with Crippen molar-refractivity contribution in [1.29, 1.82) is 0 Å². The quantitative estimate of drug-likeness (QED) is 0.761. The molecule has 1 heterocycles. The number of thioether (sulfide) groups is 1. The summed E-state index contributed by atoms with van der Waals surface area (Å²) >= 11 is 3.86. The number of hydrogen-bond acceptors (Lipinski definition) is 3. The van der Waals surface area contributed by atoms with Gasteiger partial charge in [0.25, 0.3) is 0 Å². The Morgan fingerprint density at radius 3 is 2.68 bits per heavy atom. The molecule has 0 aliphatic heterocycles. The van der Waals surface area contributed by atoms with E-state index in [1.165, 1.54) is 20.2 Å². The van der Waals surface area contributed by atoms with Gasteiger partial charge in [-0.05, 0) is 50.2 Å². The van der Waals surface area contributed by atoms with Crippen LogP contribution in [0.1, 0.15) is 35.2 Å². The first kappa shape index (κ1) is 14.6. The van der Waals surface area contributed by atoms with Crippen molar-refractivity contribution >= 4 is 23.1 Å². The minimum atomic E-state index is 0.411. The van der Waals surface area contributed by atoms with Crippen molar-refractivity contribution in [3.8, 4) is 0 Å². The van der Waals surface area contributed by atoms with Crippen LogP contribution in [0.15, 0.2) is 41.3 Å². The summed E-state index contributed by atoms with van der Waals surface area (Å²) in [7, 11) is 2.00. The summed E-state index contributed by atoms with van der Waals surface area (Å²) in [6, 6.07) is 13.7. The molecule has 1 aromatic heterocycles. The topological polar surface area (TPSA) is 12.0 Å². The third kappa shape index (κ3) is 4.10. The molecule has 0 bridgehead atoms. The van der Waals surface area contributed by atoms with Gasteiger partial charge in [-0.15, -0.1) is 23.1 Å². The van der Waals surface area contributed by atoms with E-state index in [2.05, 4.69) is 55.6 Å². The van der Waals surface area contributed by atoms with Gasteiger partial charge in [-0.2, -0.15) is 0 Å². The fourth-order valence-electron chi connectivity index (χ4n) is 1.88. The maximum atomic E-state index is 3.29. The number of nitrogens with one attached hydrogen (secondary N) is 1. The van der Waals surface area contributed by atoms with Crippen LogP contribution in [0.4, 0.5) is 0 Å². The van der Waals surface area contributed by atoms with E-state index in [0.717, 1.165) is 12.2 Å². The van der Waals surface area contributed by atoms with Crippen molar-refractivity contribution in [2.45, 2.75) is 37.0 Å². The molecule has 1 nitrogen and oxygen atoms in total. The van der Waals surface area contributed by atoms with Gasteiger partial charge < -0.3 is 5.32 Å². The second-order valence-electron chi connectivity index (χ2n) is 4.59. The van der Waals surface area contributed by atoms with Crippen molar-refractivity contribution in [3.05, 3.63) is 51.7 Å². The average molecular weight is 291 g/mol. The van der Waals surface area contributed by atoms with Gasteiger partial charge in [0.15, 0.2) is 0 Å². The van der Waals surface area contributed by atoms with E-state index >= 15 is 0 Å². The summed E-state index contributed by atoms with van der Waals surface area (Å²) in [6.45, 7) is 4.40. The average Bonchev–Trinajstić information content (AvgIpc) is 2.92. The van der Waals surface area contributed by atoms with Crippen molar-refractivity contribution in [3.63, 3.8) is 0 Å². The summed E-state index contributed by atoms with van der Waals surface area (Å²) < 4.78 is 0. The summed E-state index contributed by atoms with van der Waals surface area (Å²) in [5.41, 5.74) is 1.35. The zero-order valence-corrected chi connectivity index (χ0v) is 13.4. The first-order valence-corrected chi connectivity index (χ1v) is 8.50. The van der Waals surface area contributed by atoms with E-state index in [9.17, 15) is 0 Å². The lowest BCUT2D eigenvalue weighted by Gasteiger charge is -2.11. The van der Waals surface area contributed by atoms with Crippen LogP contribution < -0.4 is 5.32 Å². The lowest BCUT2D eigenvalue weighted by molar-refractivity contribution is 0.651. The molecule has 2 rings (SSSR count). The van der Waals surface area contributed by atoms with Gasteiger partial charge in [0.1, 0.15) is 0 Å². The van der Waals surface area contributed by atoms with Gasteiger partial charge in [-0.3, -0.25) is 0 Å². The SMILES string of the molecule is CCc1ccc(CSc2cccc(C(C)NC)c2)s1. The van der Waals surface area contributed by atoms with Crippen LogP contribution in [-0.4, -0.2) is 7.05 Å². The number of rotatable bonds is 6. The van der Waals surface area contributed by atoms with E-state index < -0.39 is 0 Å². The van der Waals surface area contributed by atoms with Gasteiger partial charge >= 0.3 is 0 Å². The first-order chi connectivity index (χ1) is 9.22. The first-order valence-electron chi connectivity index (χ1n) is 6.70. The van der Waals surface area contributed by atoms with Gasteiger partial charge in [0.2, 0.25) is 0 Å². The molecule has 1 N–H and O–H groups in total. The van der Waals surface area contributed by atoms with Crippen LogP contribution in [0, 0.1) is 0 Å². The fourth-order valence-corrected chi connectivity index (χ4v) is 3.85. The maximum Gasteiger partial charge on any atom is 0.0326 e. The molecule has 0 aliphatic rings. The lowest BCUT2D eigenvalue weighted by atomic mass is 10.1. The molecule has 1 aromatic carbocycles. The van der Waals surface area contributed by atoms with E-state index in [-0.39, 0.29) is 0 Å². The Bertz CT molecular complexity index is 519. The van der Waals surface area contributed by atoms with Crippen molar-refractivity contribution < 1.29 is 0 Å². The molecule has 1 unspecified atom stereocenters. The van der Waals surface area contributed by atoms with Crippen LogP contribution in [-0.2, 0) is 12.2 Å². The maximum absolute atomic E-state index is 3.29. The van der Waals surface area contributed by atoms with Crippen LogP contribution >= 0.6 is 23.1 Å². The number of aryl methyl sites for hydroxylation is 1. The second-order valence-corrected chi connectivity index (χ2v) is 6.89. The minimum absolute atomic E-state index is 0.411.